The summed E-state index contributed by atoms with van der Waals surface area (Å²) in [6, 6.07) is 10.8. The van der Waals surface area contributed by atoms with Gasteiger partial charge in [-0.1, -0.05) is 42.5 Å². The van der Waals surface area contributed by atoms with Crippen molar-refractivity contribution in [3.05, 3.63) is 48.0 Å². The summed E-state index contributed by atoms with van der Waals surface area (Å²) < 4.78 is 0. The van der Waals surface area contributed by atoms with Crippen LogP contribution in [0.25, 0.3) is 0 Å². The summed E-state index contributed by atoms with van der Waals surface area (Å²) in [5.74, 6) is 1.35. The summed E-state index contributed by atoms with van der Waals surface area (Å²) in [6.07, 6.45) is 7.99. The average Bonchev–Trinajstić information content (AvgIpc) is 3.17. The topological polar surface area (TPSA) is 48.1 Å². The number of fused-ring (bicyclic) bond motifs is 2. The predicted octanol–water partition coefficient (Wildman–Crippen LogP) is 2.04. The number of benzene rings is 1. The highest BCUT2D eigenvalue weighted by Crippen LogP contribution is 2.38. The van der Waals surface area contributed by atoms with Gasteiger partial charge >= 0.3 is 0 Å². The molecule has 3 atom stereocenters. The maximum atomic E-state index is 5.32. The van der Waals surface area contributed by atoms with Gasteiger partial charge in [-0.3, -0.25) is 10.9 Å². The predicted molar refractivity (Wildman–Crippen MR) is 102 cm³/mol. The van der Waals surface area contributed by atoms with Crippen molar-refractivity contribution in [1.82, 2.24) is 21.5 Å². The molecular weight excluding hydrogens is 324 g/mol. The summed E-state index contributed by atoms with van der Waals surface area (Å²) in [6.45, 7) is 0.787. The third-order valence-electron chi connectivity index (χ3n) is 4.43. The summed E-state index contributed by atoms with van der Waals surface area (Å²) in [7, 11) is 0. The highest BCUT2D eigenvalue weighted by atomic mass is 32.1. The molecule has 0 heterocycles. The van der Waals surface area contributed by atoms with Crippen LogP contribution in [0.3, 0.4) is 0 Å². The van der Waals surface area contributed by atoms with E-state index < -0.39 is 0 Å². The molecule has 2 aliphatic carbocycles. The lowest BCUT2D eigenvalue weighted by Crippen LogP contribution is -2.53. The van der Waals surface area contributed by atoms with E-state index in [0.717, 1.165) is 18.9 Å². The zero-order chi connectivity index (χ0) is 16.1. The largest absolute Gasteiger partial charge is 0.361 e. The standard InChI is InChI=1S/C17H22N4S2/c22-16(18-9-8-12-4-2-1-3-5-12)20-21-17(23)19-15-11-13-6-7-14(15)10-13/h1-7,13-15H,8-11H2,(H2,18,20,22)(H2,19,21,23)/t13-,14+,15-/m1/s1. The fraction of sp³-hybridized carbons (Fsp3) is 0.412. The van der Waals surface area contributed by atoms with Crippen LogP contribution in [-0.2, 0) is 6.42 Å². The molecule has 0 amide bonds. The zero-order valence-corrected chi connectivity index (χ0v) is 14.6. The van der Waals surface area contributed by atoms with E-state index in [9.17, 15) is 0 Å². The number of allylic oxidation sites excluding steroid dienone is 1. The summed E-state index contributed by atoms with van der Waals surface area (Å²) in [5, 5.41) is 7.69. The van der Waals surface area contributed by atoms with Crippen LogP contribution in [0.5, 0.6) is 0 Å². The number of rotatable bonds is 4. The van der Waals surface area contributed by atoms with E-state index in [1.54, 1.807) is 0 Å². The molecule has 122 valence electrons. The third-order valence-corrected chi connectivity index (χ3v) is 4.89. The van der Waals surface area contributed by atoms with E-state index in [1.807, 2.05) is 18.2 Å². The average molecular weight is 347 g/mol. The van der Waals surface area contributed by atoms with Crippen LogP contribution in [0.1, 0.15) is 18.4 Å². The number of hydrogen-bond donors (Lipinski definition) is 4. The Labute approximate surface area is 148 Å². The molecule has 0 unspecified atom stereocenters. The molecule has 4 nitrogen and oxygen atoms in total. The van der Waals surface area contributed by atoms with Crippen molar-refractivity contribution in [1.29, 1.82) is 0 Å². The van der Waals surface area contributed by atoms with Crippen molar-refractivity contribution < 1.29 is 0 Å². The smallest absolute Gasteiger partial charge is 0.185 e. The molecule has 6 heteroatoms. The van der Waals surface area contributed by atoms with Crippen LogP contribution < -0.4 is 21.5 Å². The monoisotopic (exact) mass is 346 g/mol. The first-order valence-corrected chi connectivity index (χ1v) is 8.85. The second-order valence-electron chi connectivity index (χ2n) is 6.10. The molecule has 1 aromatic carbocycles. The fourth-order valence-electron chi connectivity index (χ4n) is 3.27. The van der Waals surface area contributed by atoms with E-state index in [2.05, 4.69) is 45.8 Å². The molecule has 23 heavy (non-hydrogen) atoms. The van der Waals surface area contributed by atoms with Gasteiger partial charge in [-0.25, -0.2) is 0 Å². The molecule has 0 radical (unpaired) electrons. The lowest BCUT2D eigenvalue weighted by Gasteiger charge is -2.22. The van der Waals surface area contributed by atoms with E-state index in [4.69, 9.17) is 24.4 Å². The van der Waals surface area contributed by atoms with E-state index >= 15 is 0 Å². The van der Waals surface area contributed by atoms with Crippen molar-refractivity contribution in [2.24, 2.45) is 11.8 Å². The van der Waals surface area contributed by atoms with E-state index in [-0.39, 0.29) is 0 Å². The van der Waals surface area contributed by atoms with Crippen LogP contribution in [0.4, 0.5) is 0 Å². The molecule has 2 bridgehead atoms. The van der Waals surface area contributed by atoms with Crippen LogP contribution in [-0.4, -0.2) is 22.8 Å². The second-order valence-corrected chi connectivity index (χ2v) is 6.92. The lowest BCUT2D eigenvalue weighted by molar-refractivity contribution is 0.518. The molecule has 0 aromatic heterocycles. The Morgan fingerprint density at radius 3 is 2.48 bits per heavy atom. The maximum Gasteiger partial charge on any atom is 0.185 e. The van der Waals surface area contributed by atoms with Gasteiger partial charge in [0, 0.05) is 12.6 Å². The van der Waals surface area contributed by atoms with Gasteiger partial charge in [-0.05, 0) is 61.1 Å². The van der Waals surface area contributed by atoms with Crippen molar-refractivity contribution >= 4 is 34.7 Å². The Hall–Kier alpha value is -1.66. The van der Waals surface area contributed by atoms with E-state index in [1.165, 1.54) is 18.4 Å². The molecule has 0 spiro atoms. The Morgan fingerprint density at radius 1 is 1.00 bits per heavy atom. The molecule has 1 fully saturated rings. The molecular formula is C17H22N4S2. The SMILES string of the molecule is S=C(NCCc1ccccc1)NNC(=S)N[C@@H]1C[C@@H]2C=C[C@H]1C2. The highest BCUT2D eigenvalue weighted by Gasteiger charge is 2.35. The van der Waals surface area contributed by atoms with E-state index in [0.29, 0.717) is 22.2 Å². The highest BCUT2D eigenvalue weighted by molar-refractivity contribution is 7.80. The van der Waals surface area contributed by atoms with Crippen LogP contribution in [0.15, 0.2) is 42.5 Å². The van der Waals surface area contributed by atoms with Gasteiger partial charge in [0.15, 0.2) is 10.2 Å². The maximum absolute atomic E-state index is 5.32. The van der Waals surface area contributed by atoms with Crippen LogP contribution in [0, 0.1) is 11.8 Å². The van der Waals surface area contributed by atoms with Gasteiger partial charge in [-0.2, -0.15) is 0 Å². The number of hydrazine groups is 1. The van der Waals surface area contributed by atoms with Crippen molar-refractivity contribution in [2.45, 2.75) is 25.3 Å². The number of thiocarbonyl (C=S) groups is 2. The first kappa shape index (κ1) is 16.2. The third kappa shape index (κ3) is 4.65. The van der Waals surface area contributed by atoms with Crippen molar-refractivity contribution in [2.75, 3.05) is 6.54 Å². The molecule has 4 N–H and O–H groups in total. The molecule has 0 saturated heterocycles. The fourth-order valence-corrected chi connectivity index (χ4v) is 3.63. The molecule has 0 aliphatic heterocycles. The van der Waals surface area contributed by atoms with Gasteiger partial charge in [0.1, 0.15) is 0 Å². The van der Waals surface area contributed by atoms with Gasteiger partial charge in [0.2, 0.25) is 0 Å². The minimum atomic E-state index is 0.450. The number of hydrogen-bond acceptors (Lipinski definition) is 2. The summed E-state index contributed by atoms with van der Waals surface area (Å²) in [5.41, 5.74) is 7.18. The second kappa shape index (κ2) is 7.75. The Balaban J connectivity index is 1.29. The first-order valence-electron chi connectivity index (χ1n) is 8.03. The Bertz CT molecular complexity index is 588. The summed E-state index contributed by atoms with van der Waals surface area (Å²) in [4.78, 5) is 0. The van der Waals surface area contributed by atoms with Crippen molar-refractivity contribution in [3.8, 4) is 0 Å². The minimum absolute atomic E-state index is 0.450. The molecule has 1 aromatic rings. The van der Waals surface area contributed by atoms with Gasteiger partial charge in [-0.15, -0.1) is 0 Å². The molecule has 2 aliphatic rings. The van der Waals surface area contributed by atoms with Gasteiger partial charge in [0.25, 0.3) is 0 Å². The molecule has 1 saturated carbocycles. The molecule has 3 rings (SSSR count). The van der Waals surface area contributed by atoms with Crippen LogP contribution >= 0.6 is 24.4 Å². The number of nitrogens with one attached hydrogen (secondary N) is 4. The zero-order valence-electron chi connectivity index (χ0n) is 12.9. The lowest BCUT2D eigenvalue weighted by atomic mass is 10.0. The minimum Gasteiger partial charge on any atom is -0.361 e. The first-order chi connectivity index (χ1) is 11.2. The van der Waals surface area contributed by atoms with Crippen molar-refractivity contribution in [3.63, 3.8) is 0 Å². The summed E-state index contributed by atoms with van der Waals surface area (Å²) >= 11 is 10.6. The van der Waals surface area contributed by atoms with Gasteiger partial charge < -0.3 is 10.6 Å². The van der Waals surface area contributed by atoms with Crippen LogP contribution in [0.2, 0.25) is 0 Å². The Morgan fingerprint density at radius 2 is 1.78 bits per heavy atom. The Kier molecular flexibility index (Phi) is 5.46. The van der Waals surface area contributed by atoms with Gasteiger partial charge in [0.05, 0.1) is 0 Å². The normalized spacial score (nSPS) is 24.3. The quantitative estimate of drug-likeness (QED) is 0.380.